The van der Waals surface area contributed by atoms with Gasteiger partial charge in [-0.1, -0.05) is 6.07 Å². The molecule has 1 aromatic rings. The number of carbonyl (C=O) groups excluding carboxylic acids is 2. The molecule has 1 aliphatic rings. The molecule has 0 saturated carbocycles. The van der Waals surface area contributed by atoms with E-state index in [1.165, 1.54) is 0 Å². The maximum absolute atomic E-state index is 12.2. The molecule has 1 saturated heterocycles. The van der Waals surface area contributed by atoms with Crippen LogP contribution in [0.15, 0.2) is 29.5 Å². The minimum atomic E-state index is -0.450. The van der Waals surface area contributed by atoms with Gasteiger partial charge in [0.15, 0.2) is 5.84 Å². The van der Waals surface area contributed by atoms with E-state index in [2.05, 4.69) is 20.2 Å². The fourth-order valence-electron chi connectivity index (χ4n) is 2.39. The highest BCUT2D eigenvalue weighted by Gasteiger charge is 2.23. The Morgan fingerprint density at radius 1 is 1.35 bits per heavy atom. The van der Waals surface area contributed by atoms with E-state index < -0.39 is 5.91 Å². The first kappa shape index (κ1) is 17.0. The van der Waals surface area contributed by atoms with E-state index in [1.54, 1.807) is 18.1 Å². The second kappa shape index (κ2) is 8.35. The minimum Gasteiger partial charge on any atom is -0.379 e. The molecule has 0 aromatic carbocycles. The molecule has 1 aromatic heterocycles. The van der Waals surface area contributed by atoms with Gasteiger partial charge in [-0.25, -0.2) is 0 Å². The molecule has 23 heavy (non-hydrogen) atoms. The predicted molar refractivity (Wildman–Crippen MR) is 86.7 cm³/mol. The highest BCUT2D eigenvalue weighted by Crippen LogP contribution is 2.07. The molecule has 1 aliphatic heterocycles. The third-order valence-electron chi connectivity index (χ3n) is 3.58. The van der Waals surface area contributed by atoms with E-state index in [1.807, 2.05) is 18.3 Å². The number of hydrogen-bond acceptors (Lipinski definition) is 5. The summed E-state index contributed by atoms with van der Waals surface area (Å²) in [7, 11) is 1.63. The molecule has 0 radical (unpaired) electrons. The molecule has 3 N–H and O–H groups in total. The smallest absolute Gasteiger partial charge is 0.289 e. The molecule has 8 heteroatoms. The van der Waals surface area contributed by atoms with Crippen LogP contribution in [0.5, 0.6) is 0 Å². The lowest BCUT2D eigenvalue weighted by atomic mass is 10.2. The number of pyridine rings is 1. The van der Waals surface area contributed by atoms with Crippen molar-refractivity contribution in [3.8, 4) is 0 Å². The van der Waals surface area contributed by atoms with Crippen molar-refractivity contribution in [2.75, 3.05) is 39.8 Å². The summed E-state index contributed by atoms with van der Waals surface area (Å²) in [5.74, 6) is -1.07. The number of aliphatic imine (C=N–C) groups is 1. The first-order chi connectivity index (χ1) is 11.1. The van der Waals surface area contributed by atoms with Crippen LogP contribution in [0.25, 0.3) is 0 Å². The fraction of sp³-hybridized carbons (Fsp3) is 0.467. The number of aromatic nitrogens is 1. The Morgan fingerprint density at radius 3 is 2.70 bits per heavy atom. The van der Waals surface area contributed by atoms with Crippen molar-refractivity contribution in [1.29, 1.82) is 0 Å². The van der Waals surface area contributed by atoms with Gasteiger partial charge in [-0.15, -0.1) is 0 Å². The highest BCUT2D eigenvalue weighted by atomic mass is 16.2. The third-order valence-corrected chi connectivity index (χ3v) is 3.58. The van der Waals surface area contributed by atoms with Crippen molar-refractivity contribution in [1.82, 2.24) is 20.1 Å². The van der Waals surface area contributed by atoms with Gasteiger partial charge in [0.2, 0.25) is 0 Å². The third kappa shape index (κ3) is 5.11. The van der Waals surface area contributed by atoms with Crippen molar-refractivity contribution >= 4 is 17.6 Å². The van der Waals surface area contributed by atoms with Crippen LogP contribution >= 0.6 is 0 Å². The van der Waals surface area contributed by atoms with E-state index in [4.69, 9.17) is 5.73 Å². The predicted octanol–water partition coefficient (Wildman–Crippen LogP) is -1.17. The first-order valence-corrected chi connectivity index (χ1v) is 7.52. The van der Waals surface area contributed by atoms with E-state index in [0.717, 1.165) is 25.2 Å². The summed E-state index contributed by atoms with van der Waals surface area (Å²) in [5, 5.41) is 2.67. The average Bonchev–Trinajstić information content (AvgIpc) is 2.56. The van der Waals surface area contributed by atoms with Crippen molar-refractivity contribution < 1.29 is 9.59 Å². The SMILES string of the molecule is CNCC(=O)N=C(N)C(=O)N1CCN(Cc2cccnc2)CC1. The summed E-state index contributed by atoms with van der Waals surface area (Å²) in [5.41, 5.74) is 6.77. The fourth-order valence-corrected chi connectivity index (χ4v) is 2.39. The molecule has 2 rings (SSSR count). The van der Waals surface area contributed by atoms with Crippen molar-refractivity contribution in [3.05, 3.63) is 30.1 Å². The Morgan fingerprint density at radius 2 is 2.09 bits per heavy atom. The number of piperazine rings is 1. The number of hydrogen-bond donors (Lipinski definition) is 2. The molecule has 0 spiro atoms. The van der Waals surface area contributed by atoms with Crippen molar-refractivity contribution in [2.24, 2.45) is 10.7 Å². The van der Waals surface area contributed by atoms with E-state index in [0.29, 0.717) is 13.1 Å². The Labute approximate surface area is 135 Å². The summed E-state index contributed by atoms with van der Waals surface area (Å²) in [6.45, 7) is 3.49. The largest absolute Gasteiger partial charge is 0.379 e. The summed E-state index contributed by atoms with van der Waals surface area (Å²) in [6.07, 6.45) is 3.59. The van der Waals surface area contributed by atoms with Crippen LogP contribution in [0, 0.1) is 0 Å². The maximum atomic E-state index is 12.2. The van der Waals surface area contributed by atoms with Gasteiger partial charge in [0, 0.05) is 45.1 Å². The highest BCUT2D eigenvalue weighted by molar-refractivity contribution is 6.38. The molecular formula is C15H22N6O2. The molecule has 2 heterocycles. The summed E-state index contributed by atoms with van der Waals surface area (Å²) in [4.78, 5) is 35.1. The van der Waals surface area contributed by atoms with Gasteiger partial charge in [0.25, 0.3) is 11.8 Å². The van der Waals surface area contributed by atoms with Gasteiger partial charge in [0.05, 0.1) is 6.54 Å². The number of amidine groups is 1. The van der Waals surface area contributed by atoms with Gasteiger partial charge in [-0.2, -0.15) is 4.99 Å². The van der Waals surface area contributed by atoms with Crippen LogP contribution < -0.4 is 11.1 Å². The van der Waals surface area contributed by atoms with E-state index >= 15 is 0 Å². The van der Waals surface area contributed by atoms with Gasteiger partial charge in [0.1, 0.15) is 0 Å². The van der Waals surface area contributed by atoms with Crippen LogP contribution in [0.4, 0.5) is 0 Å². The quantitative estimate of drug-likeness (QED) is 0.535. The molecule has 0 atom stereocenters. The molecule has 2 amide bonds. The van der Waals surface area contributed by atoms with Crippen LogP contribution in [0.1, 0.15) is 5.56 Å². The Balaban J connectivity index is 1.84. The first-order valence-electron chi connectivity index (χ1n) is 7.52. The number of nitrogens with one attached hydrogen (secondary N) is 1. The Bertz CT molecular complexity index is 567. The number of nitrogens with zero attached hydrogens (tertiary/aromatic N) is 4. The van der Waals surface area contributed by atoms with Gasteiger partial charge >= 0.3 is 0 Å². The summed E-state index contributed by atoms with van der Waals surface area (Å²) < 4.78 is 0. The van der Waals surface area contributed by atoms with E-state index in [9.17, 15) is 9.59 Å². The number of likely N-dealkylation sites (N-methyl/N-ethyl adjacent to an activating group) is 1. The lowest BCUT2D eigenvalue weighted by Crippen LogP contribution is -2.51. The standard InChI is InChI=1S/C15H22N6O2/c1-17-10-13(22)19-14(16)15(23)21-7-5-20(6-8-21)11-12-3-2-4-18-9-12/h2-4,9,17H,5-8,10-11H2,1H3,(H2,16,19,22). The second-order valence-electron chi connectivity index (χ2n) is 5.35. The monoisotopic (exact) mass is 318 g/mol. The zero-order valence-electron chi connectivity index (χ0n) is 13.2. The topological polar surface area (TPSA) is 104 Å². The van der Waals surface area contributed by atoms with Gasteiger partial charge < -0.3 is 16.0 Å². The lowest BCUT2D eigenvalue weighted by molar-refractivity contribution is -0.126. The number of rotatable bonds is 4. The number of carbonyl (C=O) groups is 2. The molecule has 1 fully saturated rings. The molecule has 0 bridgehead atoms. The normalized spacial score (nSPS) is 16.4. The van der Waals surface area contributed by atoms with Crippen LogP contribution in [0.2, 0.25) is 0 Å². The Hall–Kier alpha value is -2.32. The summed E-state index contributed by atoms with van der Waals surface area (Å²) >= 11 is 0. The zero-order chi connectivity index (χ0) is 16.7. The van der Waals surface area contributed by atoms with E-state index in [-0.39, 0.29) is 18.3 Å². The Kier molecular flexibility index (Phi) is 6.19. The molecule has 8 nitrogen and oxygen atoms in total. The minimum absolute atomic E-state index is 0.0624. The lowest BCUT2D eigenvalue weighted by Gasteiger charge is -2.34. The van der Waals surface area contributed by atoms with Crippen molar-refractivity contribution in [3.63, 3.8) is 0 Å². The zero-order valence-corrected chi connectivity index (χ0v) is 13.2. The average molecular weight is 318 g/mol. The second-order valence-corrected chi connectivity index (χ2v) is 5.35. The summed E-state index contributed by atoms with van der Waals surface area (Å²) in [6, 6.07) is 3.94. The maximum Gasteiger partial charge on any atom is 0.289 e. The van der Waals surface area contributed by atoms with Crippen LogP contribution in [-0.4, -0.2) is 72.2 Å². The van der Waals surface area contributed by atoms with Crippen molar-refractivity contribution in [2.45, 2.75) is 6.54 Å². The van der Waals surface area contributed by atoms with Crippen LogP contribution in [0.3, 0.4) is 0 Å². The molecule has 124 valence electrons. The molecule has 0 aliphatic carbocycles. The van der Waals surface area contributed by atoms with Crippen LogP contribution in [-0.2, 0) is 16.1 Å². The molecule has 0 unspecified atom stereocenters. The number of amides is 2. The van der Waals surface area contributed by atoms with Gasteiger partial charge in [-0.3, -0.25) is 19.5 Å². The number of nitrogens with two attached hydrogens (primary N) is 1. The molecular weight excluding hydrogens is 296 g/mol. The van der Waals surface area contributed by atoms with Gasteiger partial charge in [-0.05, 0) is 18.7 Å².